The average Bonchev–Trinajstić information content (AvgIpc) is 2.63. The number of benzene rings is 2. The lowest BCUT2D eigenvalue weighted by Gasteiger charge is -2.42. The molecule has 0 spiro atoms. The predicted molar refractivity (Wildman–Crippen MR) is 95.8 cm³/mol. The number of amides is 2. The summed E-state index contributed by atoms with van der Waals surface area (Å²) in [4.78, 5) is 40.1. The van der Waals surface area contributed by atoms with Gasteiger partial charge in [0, 0.05) is 17.4 Å². The van der Waals surface area contributed by atoms with E-state index in [-0.39, 0.29) is 5.91 Å². The molecule has 2 aromatic rings. The van der Waals surface area contributed by atoms with Crippen molar-refractivity contribution >= 4 is 23.5 Å². The molecule has 2 amide bonds. The number of esters is 1. The molecular weight excluding hydrogens is 330 g/mol. The molecule has 132 valence electrons. The highest BCUT2D eigenvalue weighted by molar-refractivity contribution is 6.23. The monoisotopic (exact) mass is 349 g/mol. The van der Waals surface area contributed by atoms with Gasteiger partial charge in [0.25, 0.3) is 0 Å². The topological polar surface area (TPSA) is 63.7 Å². The summed E-state index contributed by atoms with van der Waals surface area (Å²) in [6.45, 7) is 3.84. The summed E-state index contributed by atoms with van der Waals surface area (Å²) < 4.78 is 5.41. The van der Waals surface area contributed by atoms with Crippen molar-refractivity contribution in [2.45, 2.75) is 26.2 Å². The van der Waals surface area contributed by atoms with Gasteiger partial charge >= 0.3 is 5.97 Å². The Morgan fingerprint density at radius 1 is 0.962 bits per heavy atom. The Hall–Kier alpha value is -2.95. The number of hydrogen-bond acceptors (Lipinski definition) is 4. The summed E-state index contributed by atoms with van der Waals surface area (Å²) in [5.41, 5.74) is 2.28. The first-order valence-corrected chi connectivity index (χ1v) is 8.78. The van der Waals surface area contributed by atoms with Crippen LogP contribution >= 0.6 is 0 Å². The lowest BCUT2D eigenvalue weighted by molar-refractivity contribution is -0.151. The molecule has 4 rings (SSSR count). The standard InChI is InChI=1S/C21H19NO4/c1-3-14-17-15-6-4-5-7-16(15)26-21(25)18(17)20(24)22(19(14)23)13-10-8-12(2)9-11-13/h4-11,14,17-18H,3H2,1-2H3/t14-,17-,18-/m0/s1. The Labute approximate surface area is 151 Å². The molecule has 0 bridgehead atoms. The quantitative estimate of drug-likeness (QED) is 0.361. The largest absolute Gasteiger partial charge is 0.426 e. The number of imide groups is 1. The van der Waals surface area contributed by atoms with E-state index in [1.807, 2.05) is 38.1 Å². The van der Waals surface area contributed by atoms with E-state index < -0.39 is 29.6 Å². The van der Waals surface area contributed by atoms with Gasteiger partial charge in [-0.1, -0.05) is 42.8 Å². The van der Waals surface area contributed by atoms with Gasteiger partial charge in [0.1, 0.15) is 11.7 Å². The van der Waals surface area contributed by atoms with Crippen LogP contribution in [-0.4, -0.2) is 17.8 Å². The molecule has 2 heterocycles. The number of anilines is 1. The summed E-state index contributed by atoms with van der Waals surface area (Å²) >= 11 is 0. The number of carbonyl (C=O) groups is 3. The van der Waals surface area contributed by atoms with Crippen LogP contribution in [0.15, 0.2) is 48.5 Å². The number of hydrogen-bond donors (Lipinski definition) is 0. The zero-order valence-electron chi connectivity index (χ0n) is 14.6. The summed E-state index contributed by atoms with van der Waals surface area (Å²) in [6.07, 6.45) is 0.539. The average molecular weight is 349 g/mol. The van der Waals surface area contributed by atoms with Gasteiger partial charge in [-0.2, -0.15) is 0 Å². The van der Waals surface area contributed by atoms with E-state index in [2.05, 4.69) is 0 Å². The maximum Gasteiger partial charge on any atom is 0.324 e. The molecule has 0 radical (unpaired) electrons. The fourth-order valence-electron chi connectivity index (χ4n) is 3.99. The molecule has 2 aliphatic rings. The number of carbonyl (C=O) groups excluding carboxylic acids is 3. The molecule has 26 heavy (non-hydrogen) atoms. The van der Waals surface area contributed by atoms with Gasteiger partial charge in [0.15, 0.2) is 0 Å². The predicted octanol–water partition coefficient (Wildman–Crippen LogP) is 3.21. The van der Waals surface area contributed by atoms with Gasteiger partial charge in [0.2, 0.25) is 11.8 Å². The van der Waals surface area contributed by atoms with Crippen molar-refractivity contribution in [1.82, 2.24) is 0 Å². The van der Waals surface area contributed by atoms with E-state index in [1.165, 1.54) is 0 Å². The zero-order valence-corrected chi connectivity index (χ0v) is 14.6. The fourth-order valence-corrected chi connectivity index (χ4v) is 3.99. The van der Waals surface area contributed by atoms with Crippen LogP contribution in [0.1, 0.15) is 30.4 Å². The molecule has 2 aromatic carbocycles. The van der Waals surface area contributed by atoms with Crippen molar-refractivity contribution in [2.75, 3.05) is 4.90 Å². The summed E-state index contributed by atoms with van der Waals surface area (Å²) in [5.74, 6) is -2.82. The van der Waals surface area contributed by atoms with Crippen LogP contribution in [0.4, 0.5) is 5.69 Å². The Bertz CT molecular complexity index is 902. The number of rotatable bonds is 2. The minimum absolute atomic E-state index is 0.257. The molecular formula is C21H19NO4. The van der Waals surface area contributed by atoms with Crippen LogP contribution in [-0.2, 0) is 14.4 Å². The van der Waals surface area contributed by atoms with Gasteiger partial charge in [-0.25, -0.2) is 4.90 Å². The third-order valence-corrected chi connectivity index (χ3v) is 5.29. The van der Waals surface area contributed by atoms with Crippen LogP contribution in [0.25, 0.3) is 0 Å². The third kappa shape index (κ3) is 2.35. The minimum Gasteiger partial charge on any atom is -0.426 e. The smallest absolute Gasteiger partial charge is 0.324 e. The highest BCUT2D eigenvalue weighted by atomic mass is 16.5. The molecule has 3 atom stereocenters. The first kappa shape index (κ1) is 16.5. The van der Waals surface area contributed by atoms with Crippen LogP contribution in [0.5, 0.6) is 5.75 Å². The number of ether oxygens (including phenoxy) is 1. The molecule has 0 aliphatic carbocycles. The van der Waals surface area contributed by atoms with Crippen LogP contribution in [0.2, 0.25) is 0 Å². The Morgan fingerprint density at radius 3 is 2.35 bits per heavy atom. The van der Waals surface area contributed by atoms with E-state index in [0.29, 0.717) is 17.9 Å². The van der Waals surface area contributed by atoms with Crippen molar-refractivity contribution < 1.29 is 19.1 Å². The second-order valence-corrected chi connectivity index (χ2v) is 6.82. The number of fused-ring (bicyclic) bond motifs is 3. The van der Waals surface area contributed by atoms with E-state index in [4.69, 9.17) is 4.74 Å². The summed E-state index contributed by atoms with van der Waals surface area (Å²) in [7, 11) is 0. The van der Waals surface area contributed by atoms with Crippen molar-refractivity contribution in [3.63, 3.8) is 0 Å². The van der Waals surface area contributed by atoms with E-state index in [9.17, 15) is 14.4 Å². The zero-order chi connectivity index (χ0) is 18.4. The lowest BCUT2D eigenvalue weighted by Crippen LogP contribution is -2.57. The normalized spacial score (nSPS) is 24.8. The Morgan fingerprint density at radius 2 is 1.65 bits per heavy atom. The molecule has 2 aliphatic heterocycles. The Balaban J connectivity index is 1.84. The van der Waals surface area contributed by atoms with Crippen molar-refractivity contribution in [3.8, 4) is 5.75 Å². The number of para-hydroxylation sites is 1. The van der Waals surface area contributed by atoms with Gasteiger partial charge in [-0.05, 0) is 31.5 Å². The summed E-state index contributed by atoms with van der Waals surface area (Å²) in [6, 6.07) is 14.3. The summed E-state index contributed by atoms with van der Waals surface area (Å²) in [5, 5.41) is 0. The van der Waals surface area contributed by atoms with E-state index in [0.717, 1.165) is 16.0 Å². The van der Waals surface area contributed by atoms with E-state index >= 15 is 0 Å². The molecule has 1 saturated heterocycles. The van der Waals surface area contributed by atoms with Crippen molar-refractivity contribution in [3.05, 3.63) is 59.7 Å². The highest BCUT2D eigenvalue weighted by Crippen LogP contribution is 2.47. The number of nitrogens with zero attached hydrogens (tertiary/aromatic N) is 1. The lowest BCUT2D eigenvalue weighted by atomic mass is 9.70. The molecule has 0 aromatic heterocycles. The van der Waals surface area contributed by atoms with Gasteiger partial charge < -0.3 is 4.74 Å². The van der Waals surface area contributed by atoms with Gasteiger partial charge in [0.05, 0.1) is 5.69 Å². The first-order valence-electron chi connectivity index (χ1n) is 8.78. The van der Waals surface area contributed by atoms with Crippen LogP contribution in [0, 0.1) is 18.8 Å². The molecule has 5 nitrogen and oxygen atoms in total. The molecule has 0 unspecified atom stereocenters. The fraction of sp³-hybridized carbons (Fsp3) is 0.286. The molecule has 0 N–H and O–H groups in total. The number of piperidine rings is 1. The van der Waals surface area contributed by atoms with Crippen molar-refractivity contribution in [1.29, 1.82) is 0 Å². The third-order valence-electron chi connectivity index (χ3n) is 5.29. The second-order valence-electron chi connectivity index (χ2n) is 6.82. The van der Waals surface area contributed by atoms with Crippen molar-refractivity contribution in [2.24, 2.45) is 11.8 Å². The van der Waals surface area contributed by atoms with E-state index in [1.54, 1.807) is 24.3 Å². The number of aryl methyl sites for hydroxylation is 1. The Kier molecular flexibility index (Phi) is 3.87. The van der Waals surface area contributed by atoms with Crippen LogP contribution in [0.3, 0.4) is 0 Å². The minimum atomic E-state index is -0.992. The SMILES string of the molecule is CC[C@@H]1C(=O)N(c2ccc(C)cc2)C(=O)[C@H]2C(=O)Oc3ccccc3[C@@H]21. The van der Waals surface area contributed by atoms with Gasteiger partial charge in [-0.3, -0.25) is 14.4 Å². The van der Waals surface area contributed by atoms with Gasteiger partial charge in [-0.15, -0.1) is 0 Å². The maximum atomic E-state index is 13.2. The maximum absolute atomic E-state index is 13.2. The molecule has 1 fully saturated rings. The van der Waals surface area contributed by atoms with Crippen LogP contribution < -0.4 is 9.64 Å². The first-order chi connectivity index (χ1) is 12.5. The molecule has 0 saturated carbocycles. The second kappa shape index (κ2) is 6.09. The highest BCUT2D eigenvalue weighted by Gasteiger charge is 2.55. The molecule has 5 heteroatoms.